The zero-order valence-corrected chi connectivity index (χ0v) is 12.0. The van der Waals surface area contributed by atoms with Gasteiger partial charge in [-0.15, -0.1) is 0 Å². The van der Waals surface area contributed by atoms with E-state index in [1.54, 1.807) is 0 Å². The molecular weight excluding hydrogens is 309 g/mol. The minimum Gasteiger partial charge on any atom is -0.355 e. The Bertz CT molecular complexity index is 747. The third kappa shape index (κ3) is 2.06. The summed E-state index contributed by atoms with van der Waals surface area (Å²) in [7, 11) is 0. The van der Waals surface area contributed by atoms with E-state index in [0.717, 1.165) is 5.56 Å². The van der Waals surface area contributed by atoms with Crippen LogP contribution < -0.4 is 5.32 Å². The van der Waals surface area contributed by atoms with E-state index in [2.05, 4.69) is 10.5 Å². The van der Waals surface area contributed by atoms with Crippen molar-refractivity contribution in [3.63, 3.8) is 0 Å². The van der Waals surface area contributed by atoms with Gasteiger partial charge in [-0.3, -0.25) is 4.79 Å². The summed E-state index contributed by atoms with van der Waals surface area (Å²) in [4.78, 5) is 12.2. The number of hydrogen-bond donors (Lipinski definition) is 1. The van der Waals surface area contributed by atoms with E-state index in [4.69, 9.17) is 4.52 Å². The molecule has 0 spiro atoms. The maximum Gasteiger partial charge on any atom is 0.394 e. The van der Waals surface area contributed by atoms with Crippen molar-refractivity contribution < 1.29 is 22.5 Å². The Morgan fingerprint density at radius 2 is 1.83 bits per heavy atom. The Morgan fingerprint density at radius 3 is 2.43 bits per heavy atom. The van der Waals surface area contributed by atoms with Crippen LogP contribution in [-0.2, 0) is 0 Å². The predicted octanol–water partition coefficient (Wildman–Crippen LogP) is 3.56. The minimum atomic E-state index is -4.19. The first-order valence-electron chi connectivity index (χ1n) is 7.24. The van der Waals surface area contributed by atoms with E-state index >= 15 is 0 Å². The highest BCUT2D eigenvalue weighted by Gasteiger charge is 2.79. The summed E-state index contributed by atoms with van der Waals surface area (Å²) in [5, 5.41) is 6.38. The van der Waals surface area contributed by atoms with Gasteiger partial charge >= 0.3 is 6.18 Å². The highest BCUT2D eigenvalue weighted by molar-refractivity contribution is 5.94. The fraction of sp³-hybridized carbons (Fsp3) is 0.375. The Morgan fingerprint density at radius 1 is 1.17 bits per heavy atom. The quantitative estimate of drug-likeness (QED) is 0.940. The van der Waals surface area contributed by atoms with Crippen LogP contribution in [0.25, 0.3) is 11.3 Å². The first-order chi connectivity index (χ1) is 10.8. The summed E-state index contributed by atoms with van der Waals surface area (Å²) in [5.74, 6) is -0.0495. The number of amides is 1. The highest BCUT2D eigenvalue weighted by Crippen LogP contribution is 2.73. The summed E-state index contributed by atoms with van der Waals surface area (Å²) in [6, 6.07) is 10.6. The molecule has 4 nitrogen and oxygen atoms in total. The molecule has 0 aliphatic heterocycles. The van der Waals surface area contributed by atoms with Crippen molar-refractivity contribution in [3.8, 4) is 11.3 Å². The van der Waals surface area contributed by atoms with Crippen molar-refractivity contribution in [3.05, 3.63) is 42.1 Å². The van der Waals surface area contributed by atoms with E-state index in [1.165, 1.54) is 6.07 Å². The number of alkyl halides is 3. The Kier molecular flexibility index (Phi) is 2.71. The molecule has 0 radical (unpaired) electrons. The van der Waals surface area contributed by atoms with Gasteiger partial charge in [0.15, 0.2) is 11.5 Å². The van der Waals surface area contributed by atoms with Gasteiger partial charge in [-0.25, -0.2) is 0 Å². The topological polar surface area (TPSA) is 55.1 Å². The normalized spacial score (nSPS) is 28.7. The number of carbonyl (C=O) groups excluding carboxylic acids is 1. The number of hydrogen-bond acceptors (Lipinski definition) is 3. The van der Waals surface area contributed by atoms with Crippen molar-refractivity contribution >= 4 is 5.91 Å². The Hall–Kier alpha value is -2.31. The molecule has 3 saturated carbocycles. The number of rotatable bonds is 3. The van der Waals surface area contributed by atoms with Crippen LogP contribution in [0.5, 0.6) is 0 Å². The first-order valence-corrected chi connectivity index (χ1v) is 7.24. The summed E-state index contributed by atoms with van der Waals surface area (Å²) >= 11 is 0. The van der Waals surface area contributed by atoms with Gasteiger partial charge < -0.3 is 9.84 Å². The van der Waals surface area contributed by atoms with Gasteiger partial charge in [0.1, 0.15) is 0 Å². The molecule has 3 aliphatic rings. The van der Waals surface area contributed by atoms with E-state index in [1.807, 2.05) is 30.3 Å². The second kappa shape index (κ2) is 4.37. The summed E-state index contributed by atoms with van der Waals surface area (Å²) < 4.78 is 43.5. The van der Waals surface area contributed by atoms with Gasteiger partial charge in [0.2, 0.25) is 0 Å². The third-order valence-corrected chi connectivity index (χ3v) is 4.81. The average Bonchev–Trinajstić information content (AvgIpc) is 2.90. The minimum absolute atomic E-state index is 0.0430. The lowest BCUT2D eigenvalue weighted by Crippen LogP contribution is -2.78. The molecule has 1 aromatic heterocycles. The van der Waals surface area contributed by atoms with Gasteiger partial charge in [-0.05, 0) is 19.3 Å². The lowest BCUT2D eigenvalue weighted by atomic mass is 9.39. The molecule has 23 heavy (non-hydrogen) atoms. The third-order valence-electron chi connectivity index (χ3n) is 4.81. The smallest absolute Gasteiger partial charge is 0.355 e. The maximum absolute atomic E-state index is 12.8. The predicted molar refractivity (Wildman–Crippen MR) is 74.5 cm³/mol. The molecule has 0 unspecified atom stereocenters. The Balaban J connectivity index is 1.43. The number of carbonyl (C=O) groups is 1. The monoisotopic (exact) mass is 322 g/mol. The van der Waals surface area contributed by atoms with Crippen LogP contribution in [0.2, 0.25) is 0 Å². The van der Waals surface area contributed by atoms with Crippen molar-refractivity contribution in [1.82, 2.24) is 10.5 Å². The van der Waals surface area contributed by atoms with Gasteiger partial charge in [0, 0.05) is 17.2 Å². The van der Waals surface area contributed by atoms with Crippen molar-refractivity contribution in [2.75, 3.05) is 0 Å². The average molecular weight is 322 g/mol. The molecule has 120 valence electrons. The van der Waals surface area contributed by atoms with Crippen LogP contribution >= 0.6 is 0 Å². The number of aromatic nitrogens is 1. The van der Waals surface area contributed by atoms with Gasteiger partial charge in [-0.1, -0.05) is 35.5 Å². The van der Waals surface area contributed by atoms with Crippen molar-refractivity contribution in [2.45, 2.75) is 31.0 Å². The zero-order valence-electron chi connectivity index (χ0n) is 12.0. The molecule has 2 bridgehead atoms. The molecule has 1 aromatic carbocycles. The molecular formula is C16H13F3N2O2. The molecule has 0 saturated heterocycles. The molecule has 0 atom stereocenters. The lowest BCUT2D eigenvalue weighted by molar-refractivity contribution is -0.336. The fourth-order valence-electron chi connectivity index (χ4n) is 3.65. The van der Waals surface area contributed by atoms with E-state index in [0.29, 0.717) is 5.76 Å². The summed E-state index contributed by atoms with van der Waals surface area (Å²) in [5.41, 5.74) is -1.45. The van der Waals surface area contributed by atoms with Gasteiger partial charge in [0.25, 0.3) is 5.91 Å². The second-order valence-electron chi connectivity index (χ2n) is 6.49. The van der Waals surface area contributed by atoms with E-state index in [9.17, 15) is 18.0 Å². The fourth-order valence-corrected chi connectivity index (χ4v) is 3.65. The lowest BCUT2D eigenvalue weighted by Gasteiger charge is -2.70. The second-order valence-corrected chi connectivity index (χ2v) is 6.49. The summed E-state index contributed by atoms with van der Waals surface area (Å²) in [6.07, 6.45) is -4.32. The molecule has 2 aromatic rings. The number of nitrogens with one attached hydrogen (secondary N) is 1. The largest absolute Gasteiger partial charge is 0.394 e. The van der Waals surface area contributed by atoms with Crippen molar-refractivity contribution in [2.24, 2.45) is 5.41 Å². The molecule has 7 heteroatoms. The zero-order chi connectivity index (χ0) is 16.3. The van der Waals surface area contributed by atoms with Crippen LogP contribution in [0.3, 0.4) is 0 Å². The highest BCUT2D eigenvalue weighted by atomic mass is 19.4. The van der Waals surface area contributed by atoms with Crippen LogP contribution in [-0.4, -0.2) is 22.8 Å². The SMILES string of the molecule is O=C(NC12CC(C(F)(F)F)(C1)C2)c1cc(-c2ccccc2)on1. The molecule has 5 rings (SSSR count). The molecule has 3 aliphatic carbocycles. The maximum atomic E-state index is 12.8. The van der Waals surface area contributed by atoms with Crippen LogP contribution in [0.1, 0.15) is 29.8 Å². The van der Waals surface area contributed by atoms with Gasteiger partial charge in [0.05, 0.1) is 5.41 Å². The Labute approximate surface area is 129 Å². The van der Waals surface area contributed by atoms with E-state index < -0.39 is 23.0 Å². The molecule has 1 heterocycles. The standard InChI is InChI=1S/C16H13F3N2O2/c17-16(18,19)14-7-15(8-14,9-14)20-13(22)11-6-12(23-21-11)10-4-2-1-3-5-10/h1-6H,7-9H2,(H,20,22). The summed E-state index contributed by atoms with van der Waals surface area (Å²) in [6.45, 7) is 0. The molecule has 1 amide bonds. The van der Waals surface area contributed by atoms with Crippen LogP contribution in [0, 0.1) is 5.41 Å². The molecule has 1 N–H and O–H groups in total. The first kappa shape index (κ1) is 14.3. The van der Waals surface area contributed by atoms with Crippen LogP contribution in [0.4, 0.5) is 13.2 Å². The van der Waals surface area contributed by atoms with Crippen LogP contribution in [0.15, 0.2) is 40.9 Å². The van der Waals surface area contributed by atoms with Gasteiger partial charge in [-0.2, -0.15) is 13.2 Å². The molecule has 3 fully saturated rings. The van der Waals surface area contributed by atoms with E-state index in [-0.39, 0.29) is 25.0 Å². The number of halogens is 3. The van der Waals surface area contributed by atoms with Crippen molar-refractivity contribution in [1.29, 1.82) is 0 Å². The number of nitrogens with zero attached hydrogens (tertiary/aromatic N) is 1. The number of benzene rings is 1.